The molecule has 0 spiro atoms. The van der Waals surface area contributed by atoms with Crippen LogP contribution in [0.4, 0.5) is 0 Å². The molecule has 4 nitrogen and oxygen atoms in total. The molecular formula is C9H4N2O2S2. The highest BCUT2D eigenvalue weighted by atomic mass is 32.1. The van der Waals surface area contributed by atoms with Gasteiger partial charge in [-0.25, -0.2) is 9.97 Å². The van der Waals surface area contributed by atoms with Crippen LogP contribution in [0, 0.1) is 0 Å². The normalized spacial score (nSPS) is 10.9. The monoisotopic (exact) mass is 236 g/mol. The minimum absolute atomic E-state index is 0.470. The molecule has 0 saturated heterocycles. The highest BCUT2D eigenvalue weighted by Crippen LogP contribution is 2.29. The highest BCUT2D eigenvalue weighted by molar-refractivity contribution is 7.13. The van der Waals surface area contributed by atoms with Crippen molar-refractivity contribution in [2.45, 2.75) is 0 Å². The van der Waals surface area contributed by atoms with Gasteiger partial charge in [-0.1, -0.05) is 0 Å². The lowest BCUT2D eigenvalue weighted by molar-refractivity contribution is 0.112. The number of thiazole rings is 1. The summed E-state index contributed by atoms with van der Waals surface area (Å²) in [6.45, 7) is 0. The van der Waals surface area contributed by atoms with E-state index in [4.69, 9.17) is 4.42 Å². The molecule has 3 aromatic heterocycles. The Balaban J connectivity index is 2.23. The number of oxazole rings is 1. The second kappa shape index (κ2) is 3.25. The summed E-state index contributed by atoms with van der Waals surface area (Å²) in [5.41, 5.74) is 3.69. The zero-order chi connectivity index (χ0) is 10.3. The maximum atomic E-state index is 10.7. The fourth-order valence-electron chi connectivity index (χ4n) is 1.27. The van der Waals surface area contributed by atoms with Crippen molar-refractivity contribution >= 4 is 40.1 Å². The van der Waals surface area contributed by atoms with E-state index in [9.17, 15) is 4.79 Å². The Labute approximate surface area is 92.2 Å². The molecule has 74 valence electrons. The largest absolute Gasteiger partial charge is 0.434 e. The zero-order valence-corrected chi connectivity index (χ0v) is 8.97. The van der Waals surface area contributed by atoms with E-state index in [1.54, 1.807) is 10.9 Å². The van der Waals surface area contributed by atoms with E-state index < -0.39 is 0 Å². The van der Waals surface area contributed by atoms with Gasteiger partial charge in [-0.15, -0.1) is 22.7 Å². The molecule has 3 rings (SSSR count). The molecule has 0 amide bonds. The Bertz CT molecular complexity index is 609. The third-order valence-corrected chi connectivity index (χ3v) is 3.40. The van der Waals surface area contributed by atoms with Gasteiger partial charge in [0.2, 0.25) is 5.89 Å². The first-order chi connectivity index (χ1) is 7.38. The van der Waals surface area contributed by atoms with Crippen LogP contribution in [0.5, 0.6) is 0 Å². The van der Waals surface area contributed by atoms with Crippen LogP contribution in [0.3, 0.4) is 0 Å². The number of hydrogen-bond donors (Lipinski definition) is 0. The summed E-state index contributed by atoms with van der Waals surface area (Å²) < 4.78 is 5.48. The standard InChI is InChI=1S/C9H4N2O2S2/c12-1-7-8-6(3-15-7)13-9(11-8)5-2-14-4-10-5/h1-4H. The second-order valence-electron chi connectivity index (χ2n) is 2.82. The molecule has 0 saturated carbocycles. The van der Waals surface area contributed by atoms with Crippen LogP contribution in [0.25, 0.3) is 22.7 Å². The molecule has 0 bridgehead atoms. The van der Waals surface area contributed by atoms with Crippen molar-refractivity contribution in [1.82, 2.24) is 9.97 Å². The van der Waals surface area contributed by atoms with Gasteiger partial charge in [-0.3, -0.25) is 4.79 Å². The summed E-state index contributed by atoms with van der Waals surface area (Å²) in [4.78, 5) is 19.6. The van der Waals surface area contributed by atoms with Gasteiger partial charge in [0.15, 0.2) is 11.9 Å². The van der Waals surface area contributed by atoms with Gasteiger partial charge in [0, 0.05) is 10.8 Å². The molecule has 0 aliphatic heterocycles. The molecule has 15 heavy (non-hydrogen) atoms. The molecule has 0 aromatic carbocycles. The SMILES string of the molecule is O=Cc1scc2oc(-c3cscn3)nc12. The summed E-state index contributed by atoms with van der Waals surface area (Å²) >= 11 is 2.81. The number of carbonyl (C=O) groups excluding carboxylic acids is 1. The number of nitrogens with zero attached hydrogens (tertiary/aromatic N) is 2. The van der Waals surface area contributed by atoms with Crippen molar-refractivity contribution in [2.75, 3.05) is 0 Å². The maximum absolute atomic E-state index is 10.7. The molecule has 6 heteroatoms. The smallest absolute Gasteiger partial charge is 0.247 e. The lowest BCUT2D eigenvalue weighted by atomic mass is 10.4. The molecular weight excluding hydrogens is 232 g/mol. The van der Waals surface area contributed by atoms with Gasteiger partial charge >= 0.3 is 0 Å². The Morgan fingerprint density at radius 3 is 3.07 bits per heavy atom. The minimum Gasteiger partial charge on any atom is -0.434 e. The predicted octanol–water partition coefficient (Wildman–Crippen LogP) is 2.83. The quantitative estimate of drug-likeness (QED) is 0.642. The number of hydrogen-bond acceptors (Lipinski definition) is 6. The summed E-state index contributed by atoms with van der Waals surface area (Å²) in [6, 6.07) is 0. The lowest BCUT2D eigenvalue weighted by Gasteiger charge is -1.84. The second-order valence-corrected chi connectivity index (χ2v) is 4.45. The third-order valence-electron chi connectivity index (χ3n) is 1.94. The Morgan fingerprint density at radius 1 is 1.40 bits per heavy atom. The Hall–Kier alpha value is -1.53. The zero-order valence-electron chi connectivity index (χ0n) is 7.34. The predicted molar refractivity (Wildman–Crippen MR) is 58.4 cm³/mol. The topological polar surface area (TPSA) is 56.0 Å². The number of aldehydes is 1. The van der Waals surface area contributed by atoms with Crippen molar-refractivity contribution in [3.05, 3.63) is 21.1 Å². The van der Waals surface area contributed by atoms with Gasteiger partial charge < -0.3 is 4.42 Å². The summed E-state index contributed by atoms with van der Waals surface area (Å²) in [5, 5.41) is 3.64. The molecule has 0 unspecified atom stereocenters. The third kappa shape index (κ3) is 1.30. The molecule has 0 radical (unpaired) electrons. The van der Waals surface area contributed by atoms with Crippen LogP contribution in [0.2, 0.25) is 0 Å². The van der Waals surface area contributed by atoms with Crippen molar-refractivity contribution in [3.63, 3.8) is 0 Å². The van der Waals surface area contributed by atoms with E-state index >= 15 is 0 Å². The number of aromatic nitrogens is 2. The first kappa shape index (κ1) is 8.75. The van der Waals surface area contributed by atoms with Crippen molar-refractivity contribution in [1.29, 1.82) is 0 Å². The maximum Gasteiger partial charge on any atom is 0.247 e. The average molecular weight is 236 g/mol. The highest BCUT2D eigenvalue weighted by Gasteiger charge is 2.14. The molecule has 0 aliphatic rings. The van der Waals surface area contributed by atoms with Gasteiger partial charge in [-0.05, 0) is 0 Å². The van der Waals surface area contributed by atoms with Crippen LogP contribution in [-0.2, 0) is 0 Å². The van der Waals surface area contributed by atoms with Gasteiger partial charge in [0.1, 0.15) is 11.2 Å². The van der Waals surface area contributed by atoms with Crippen molar-refractivity contribution in [2.24, 2.45) is 0 Å². The van der Waals surface area contributed by atoms with Crippen LogP contribution >= 0.6 is 22.7 Å². The number of carbonyl (C=O) groups is 1. The van der Waals surface area contributed by atoms with Crippen LogP contribution in [0.1, 0.15) is 9.67 Å². The molecule has 3 heterocycles. The molecule has 0 fully saturated rings. The summed E-state index contributed by atoms with van der Waals surface area (Å²) in [5.74, 6) is 0.470. The Morgan fingerprint density at radius 2 is 2.33 bits per heavy atom. The minimum atomic E-state index is 0.470. The van der Waals surface area contributed by atoms with E-state index in [1.165, 1.54) is 22.7 Å². The van der Waals surface area contributed by atoms with Crippen molar-refractivity contribution < 1.29 is 9.21 Å². The first-order valence-electron chi connectivity index (χ1n) is 4.10. The van der Waals surface area contributed by atoms with Gasteiger partial charge in [0.25, 0.3) is 0 Å². The van der Waals surface area contributed by atoms with E-state index in [0.717, 1.165) is 6.29 Å². The number of thiophene rings is 1. The Kier molecular flexibility index (Phi) is 1.90. The average Bonchev–Trinajstić information content (AvgIpc) is 2.93. The molecule has 3 aromatic rings. The fourth-order valence-corrected chi connectivity index (χ4v) is 2.51. The van der Waals surface area contributed by atoms with Crippen LogP contribution < -0.4 is 0 Å². The molecule has 0 atom stereocenters. The van der Waals surface area contributed by atoms with Gasteiger partial charge in [-0.2, -0.15) is 0 Å². The molecule has 0 N–H and O–H groups in total. The molecule has 0 aliphatic carbocycles. The lowest BCUT2D eigenvalue weighted by Crippen LogP contribution is -1.77. The van der Waals surface area contributed by atoms with E-state index in [1.807, 2.05) is 5.38 Å². The van der Waals surface area contributed by atoms with E-state index in [-0.39, 0.29) is 0 Å². The van der Waals surface area contributed by atoms with Crippen LogP contribution in [-0.4, -0.2) is 16.3 Å². The number of fused-ring (bicyclic) bond motifs is 1. The van der Waals surface area contributed by atoms with Crippen LogP contribution in [0.15, 0.2) is 20.7 Å². The van der Waals surface area contributed by atoms with Crippen molar-refractivity contribution in [3.8, 4) is 11.6 Å². The van der Waals surface area contributed by atoms with Gasteiger partial charge in [0.05, 0.1) is 10.4 Å². The van der Waals surface area contributed by atoms with E-state index in [0.29, 0.717) is 27.6 Å². The summed E-state index contributed by atoms with van der Waals surface area (Å²) in [6.07, 6.45) is 0.792. The number of rotatable bonds is 2. The fraction of sp³-hybridized carbons (Fsp3) is 0. The summed E-state index contributed by atoms with van der Waals surface area (Å²) in [7, 11) is 0. The first-order valence-corrected chi connectivity index (χ1v) is 5.92. The van der Waals surface area contributed by atoms with E-state index in [2.05, 4.69) is 9.97 Å².